The fourth-order valence-corrected chi connectivity index (χ4v) is 1.98. The lowest BCUT2D eigenvalue weighted by molar-refractivity contribution is 0.0696. The van der Waals surface area contributed by atoms with Gasteiger partial charge in [0.25, 0.3) is 0 Å². The van der Waals surface area contributed by atoms with E-state index in [0.717, 1.165) is 24.6 Å². The van der Waals surface area contributed by atoms with Crippen LogP contribution in [-0.2, 0) is 10.2 Å². The third kappa shape index (κ3) is 3.23. The molecule has 0 spiro atoms. The molecule has 0 saturated carbocycles. The maximum absolute atomic E-state index is 11.2. The van der Waals surface area contributed by atoms with Gasteiger partial charge in [-0.15, -0.1) is 0 Å². The molecule has 0 amide bonds. The molecule has 1 aromatic rings. The second kappa shape index (κ2) is 5.17. The maximum atomic E-state index is 11.2. The lowest BCUT2D eigenvalue weighted by Gasteiger charge is -2.29. The molecule has 1 fully saturated rings. The topological polar surface area (TPSA) is 62.7 Å². The molecule has 0 aromatic carbocycles. The van der Waals surface area contributed by atoms with E-state index in [1.165, 1.54) is 0 Å². The molecule has 0 unspecified atom stereocenters. The number of pyridine rings is 1. The smallest absolute Gasteiger partial charge is 0.335 e. The predicted octanol–water partition coefficient (Wildman–Crippen LogP) is 1.91. The summed E-state index contributed by atoms with van der Waals surface area (Å²) in [6.45, 7) is 8.91. The Morgan fingerprint density at radius 2 is 1.95 bits per heavy atom. The van der Waals surface area contributed by atoms with Crippen LogP contribution in [0.3, 0.4) is 0 Å². The number of carboxylic acids is 1. The summed E-state index contributed by atoms with van der Waals surface area (Å²) < 4.78 is 5.31. The molecule has 0 atom stereocenters. The van der Waals surface area contributed by atoms with Crippen molar-refractivity contribution in [3.05, 3.63) is 23.4 Å². The summed E-state index contributed by atoms with van der Waals surface area (Å²) >= 11 is 0. The highest BCUT2D eigenvalue weighted by Crippen LogP contribution is 2.25. The lowest BCUT2D eigenvalue weighted by atomic mass is 9.90. The molecule has 104 valence electrons. The van der Waals surface area contributed by atoms with Crippen LogP contribution in [0.5, 0.6) is 0 Å². The van der Waals surface area contributed by atoms with Gasteiger partial charge in [0, 0.05) is 24.2 Å². The van der Waals surface area contributed by atoms with Crippen molar-refractivity contribution in [2.24, 2.45) is 0 Å². The van der Waals surface area contributed by atoms with Crippen LogP contribution in [0.4, 0.5) is 5.82 Å². The maximum Gasteiger partial charge on any atom is 0.335 e. The highest BCUT2D eigenvalue weighted by molar-refractivity contribution is 5.88. The fourth-order valence-electron chi connectivity index (χ4n) is 1.98. The number of morpholine rings is 1. The minimum Gasteiger partial charge on any atom is -0.478 e. The van der Waals surface area contributed by atoms with Crippen LogP contribution in [0.25, 0.3) is 0 Å². The zero-order chi connectivity index (χ0) is 14.0. The Bertz CT molecular complexity index is 474. The lowest BCUT2D eigenvalue weighted by Crippen LogP contribution is -2.37. The largest absolute Gasteiger partial charge is 0.478 e. The summed E-state index contributed by atoms with van der Waals surface area (Å²) in [5, 5.41) is 9.23. The molecule has 0 aliphatic carbocycles. The monoisotopic (exact) mass is 264 g/mol. The molecule has 1 aliphatic rings. The van der Waals surface area contributed by atoms with E-state index in [1.807, 2.05) is 20.8 Å². The van der Waals surface area contributed by atoms with Crippen LogP contribution in [0.1, 0.15) is 36.8 Å². The standard InChI is InChI=1S/C14H20N2O3/c1-14(2,3)11-8-10(13(17)18)9-12(15-11)16-4-6-19-7-5-16/h8-9H,4-7H2,1-3H3,(H,17,18). The third-order valence-electron chi connectivity index (χ3n) is 3.16. The first-order chi connectivity index (χ1) is 8.88. The van der Waals surface area contributed by atoms with Gasteiger partial charge in [0.15, 0.2) is 0 Å². The van der Waals surface area contributed by atoms with Crippen molar-refractivity contribution in [2.45, 2.75) is 26.2 Å². The molecule has 5 nitrogen and oxygen atoms in total. The predicted molar refractivity (Wildman–Crippen MR) is 72.9 cm³/mol. The van der Waals surface area contributed by atoms with Gasteiger partial charge < -0.3 is 14.7 Å². The molecular weight excluding hydrogens is 244 g/mol. The van der Waals surface area contributed by atoms with Crippen molar-refractivity contribution in [1.29, 1.82) is 0 Å². The number of hydrogen-bond donors (Lipinski definition) is 1. The molecule has 1 aromatic heterocycles. The molecule has 1 N–H and O–H groups in total. The number of anilines is 1. The second-order valence-corrected chi connectivity index (χ2v) is 5.75. The Morgan fingerprint density at radius 3 is 2.47 bits per heavy atom. The van der Waals surface area contributed by atoms with Crippen LogP contribution in [-0.4, -0.2) is 42.4 Å². The summed E-state index contributed by atoms with van der Waals surface area (Å²) in [5.74, 6) is -0.185. The third-order valence-corrected chi connectivity index (χ3v) is 3.16. The Labute approximate surface area is 113 Å². The SMILES string of the molecule is CC(C)(C)c1cc(C(=O)O)cc(N2CCOCC2)n1. The molecule has 0 radical (unpaired) electrons. The van der Waals surface area contributed by atoms with Gasteiger partial charge in [-0.1, -0.05) is 20.8 Å². The summed E-state index contributed by atoms with van der Waals surface area (Å²) in [7, 11) is 0. The van der Waals surface area contributed by atoms with E-state index in [1.54, 1.807) is 12.1 Å². The first-order valence-electron chi connectivity index (χ1n) is 6.46. The molecule has 0 bridgehead atoms. The summed E-state index contributed by atoms with van der Waals surface area (Å²) in [6, 6.07) is 3.30. The van der Waals surface area contributed by atoms with Crippen molar-refractivity contribution in [1.82, 2.24) is 4.98 Å². The number of hydrogen-bond acceptors (Lipinski definition) is 4. The van der Waals surface area contributed by atoms with Crippen molar-refractivity contribution in [3.63, 3.8) is 0 Å². The van der Waals surface area contributed by atoms with E-state index in [4.69, 9.17) is 4.74 Å². The van der Waals surface area contributed by atoms with Crippen molar-refractivity contribution < 1.29 is 14.6 Å². The molecule has 19 heavy (non-hydrogen) atoms. The van der Waals surface area contributed by atoms with Gasteiger partial charge in [0.2, 0.25) is 0 Å². The van der Waals surface area contributed by atoms with Gasteiger partial charge in [0.1, 0.15) is 5.82 Å². The summed E-state index contributed by atoms with van der Waals surface area (Å²) in [5.41, 5.74) is 0.919. The van der Waals surface area contributed by atoms with E-state index in [9.17, 15) is 9.90 Å². The van der Waals surface area contributed by atoms with E-state index in [-0.39, 0.29) is 5.41 Å². The average molecular weight is 264 g/mol. The highest BCUT2D eigenvalue weighted by Gasteiger charge is 2.21. The van der Waals surface area contributed by atoms with E-state index >= 15 is 0 Å². The van der Waals surface area contributed by atoms with Gasteiger partial charge >= 0.3 is 5.97 Å². The quantitative estimate of drug-likeness (QED) is 0.884. The van der Waals surface area contributed by atoms with Gasteiger partial charge in [0.05, 0.1) is 18.8 Å². The zero-order valence-electron chi connectivity index (χ0n) is 11.6. The van der Waals surface area contributed by atoms with Crippen molar-refractivity contribution in [2.75, 3.05) is 31.2 Å². The van der Waals surface area contributed by atoms with Crippen LogP contribution in [0.15, 0.2) is 12.1 Å². The minimum absolute atomic E-state index is 0.174. The number of carboxylic acid groups (broad SMARTS) is 1. The van der Waals surface area contributed by atoms with Gasteiger partial charge in [-0.25, -0.2) is 9.78 Å². The molecule has 2 heterocycles. The Hall–Kier alpha value is -1.62. The molecule has 5 heteroatoms. The molecular formula is C14H20N2O3. The Morgan fingerprint density at radius 1 is 1.32 bits per heavy atom. The number of ether oxygens (including phenoxy) is 1. The molecule has 1 aliphatic heterocycles. The van der Waals surface area contributed by atoms with Crippen molar-refractivity contribution >= 4 is 11.8 Å². The van der Waals surface area contributed by atoms with Crippen LogP contribution >= 0.6 is 0 Å². The number of carbonyl (C=O) groups is 1. The van der Waals surface area contributed by atoms with Crippen LogP contribution < -0.4 is 4.90 Å². The Balaban J connectivity index is 2.41. The van der Waals surface area contributed by atoms with E-state index in [2.05, 4.69) is 9.88 Å². The second-order valence-electron chi connectivity index (χ2n) is 5.75. The first-order valence-corrected chi connectivity index (χ1v) is 6.46. The normalized spacial score (nSPS) is 16.5. The number of aromatic nitrogens is 1. The van der Waals surface area contributed by atoms with Gasteiger partial charge in [-0.2, -0.15) is 0 Å². The summed E-state index contributed by atoms with van der Waals surface area (Å²) in [6.07, 6.45) is 0. The zero-order valence-corrected chi connectivity index (χ0v) is 11.6. The first kappa shape index (κ1) is 13.8. The highest BCUT2D eigenvalue weighted by atomic mass is 16.5. The van der Waals surface area contributed by atoms with Crippen molar-refractivity contribution in [3.8, 4) is 0 Å². The molecule has 2 rings (SSSR count). The fraction of sp³-hybridized carbons (Fsp3) is 0.571. The average Bonchev–Trinajstić information content (AvgIpc) is 2.38. The van der Waals surface area contributed by atoms with Crippen LogP contribution in [0.2, 0.25) is 0 Å². The van der Waals surface area contributed by atoms with E-state index in [0.29, 0.717) is 18.8 Å². The van der Waals surface area contributed by atoms with E-state index < -0.39 is 5.97 Å². The number of aromatic carboxylic acids is 1. The Kier molecular flexibility index (Phi) is 3.75. The minimum atomic E-state index is -0.914. The summed E-state index contributed by atoms with van der Waals surface area (Å²) in [4.78, 5) is 17.9. The van der Waals surface area contributed by atoms with Gasteiger partial charge in [-0.05, 0) is 12.1 Å². The van der Waals surface area contributed by atoms with Gasteiger partial charge in [-0.3, -0.25) is 0 Å². The number of rotatable bonds is 2. The van der Waals surface area contributed by atoms with Crippen LogP contribution in [0, 0.1) is 0 Å². The number of nitrogens with zero attached hydrogens (tertiary/aromatic N) is 2. The molecule has 1 saturated heterocycles.